The van der Waals surface area contributed by atoms with Gasteiger partial charge in [-0.25, -0.2) is 4.98 Å². The van der Waals surface area contributed by atoms with Gasteiger partial charge in [0, 0.05) is 33.5 Å². The molecule has 1 aliphatic carbocycles. The van der Waals surface area contributed by atoms with Crippen molar-refractivity contribution in [1.82, 2.24) is 9.55 Å². The zero-order chi connectivity index (χ0) is 26.5. The third-order valence-electron chi connectivity index (χ3n) is 6.75. The monoisotopic (exact) mass is 520 g/mol. The SMILES string of the molecule is N#CC(C#N)=C1/C(=C/c2cc3sc(-c4cc5ccccc5o4)nc3n2-c2ccccc2)C(=O)c2ccccc21. The molecule has 3 aromatic carbocycles. The number of furan rings is 1. The standard InChI is InChI=1S/C32H16N4O2S/c33-17-20(18-34)29-23-11-5-6-12-24(23)30(37)25(29)15-22-16-28-31(36(22)21-9-2-1-3-10-21)35-32(39-28)27-14-19-8-4-7-13-26(19)38-27/h1-16H/b25-15-. The van der Waals surface area contributed by atoms with Gasteiger partial charge in [0.15, 0.2) is 22.2 Å². The summed E-state index contributed by atoms with van der Waals surface area (Å²) in [6.45, 7) is 0. The van der Waals surface area contributed by atoms with Crippen LogP contribution in [-0.4, -0.2) is 15.3 Å². The molecule has 0 saturated heterocycles. The average molecular weight is 521 g/mol. The van der Waals surface area contributed by atoms with Crippen LogP contribution in [0.4, 0.5) is 0 Å². The van der Waals surface area contributed by atoms with E-state index in [4.69, 9.17) is 9.40 Å². The second kappa shape index (κ2) is 8.81. The summed E-state index contributed by atoms with van der Waals surface area (Å²) in [5.41, 5.74) is 4.77. The van der Waals surface area contributed by atoms with Crippen molar-refractivity contribution in [2.45, 2.75) is 0 Å². The third kappa shape index (κ3) is 3.53. The first kappa shape index (κ1) is 22.7. The molecule has 0 atom stereocenters. The average Bonchev–Trinajstić information content (AvgIpc) is 3.72. The van der Waals surface area contributed by atoms with Gasteiger partial charge >= 0.3 is 0 Å². The maximum absolute atomic E-state index is 13.5. The molecule has 6 aromatic rings. The van der Waals surface area contributed by atoms with Crippen LogP contribution in [0.1, 0.15) is 21.6 Å². The van der Waals surface area contributed by atoms with Gasteiger partial charge in [0.25, 0.3) is 0 Å². The number of fused-ring (bicyclic) bond motifs is 3. The minimum atomic E-state index is -0.219. The van der Waals surface area contributed by atoms with Crippen LogP contribution in [-0.2, 0) is 0 Å². The fourth-order valence-corrected chi connectivity index (χ4v) is 5.99. The smallest absolute Gasteiger partial charge is 0.194 e. The number of para-hydroxylation sites is 2. The number of carbonyl (C=O) groups excluding carboxylic acids is 1. The molecule has 0 amide bonds. The van der Waals surface area contributed by atoms with Crippen molar-refractivity contribution >= 4 is 50.1 Å². The number of Topliss-reactive ketones (excluding diaryl/α,β-unsaturated/α-hetero) is 1. The van der Waals surface area contributed by atoms with E-state index in [0.717, 1.165) is 37.7 Å². The number of allylic oxidation sites excluding steroid dienone is 3. The lowest BCUT2D eigenvalue weighted by Crippen LogP contribution is -2.00. The van der Waals surface area contributed by atoms with E-state index in [0.29, 0.717) is 28.0 Å². The lowest BCUT2D eigenvalue weighted by atomic mass is 9.99. The number of nitriles is 2. The summed E-state index contributed by atoms with van der Waals surface area (Å²) in [5, 5.41) is 21.2. The topological polar surface area (TPSA) is 95.6 Å². The quantitative estimate of drug-likeness (QED) is 0.177. The van der Waals surface area contributed by atoms with Gasteiger partial charge in [-0.15, -0.1) is 11.3 Å². The summed E-state index contributed by atoms with van der Waals surface area (Å²) in [5.74, 6) is 0.472. The second-order valence-corrected chi connectivity index (χ2v) is 10.0. The Morgan fingerprint density at radius 3 is 2.38 bits per heavy atom. The van der Waals surface area contributed by atoms with Gasteiger partial charge in [0.1, 0.15) is 23.3 Å². The van der Waals surface area contributed by atoms with Crippen LogP contribution < -0.4 is 0 Å². The van der Waals surface area contributed by atoms with Crippen molar-refractivity contribution in [3.8, 4) is 28.6 Å². The molecule has 0 aliphatic heterocycles. The Bertz CT molecular complexity index is 2060. The fraction of sp³-hybridized carbons (Fsp3) is 0. The zero-order valence-corrected chi connectivity index (χ0v) is 21.1. The van der Waals surface area contributed by atoms with Crippen LogP contribution in [0.3, 0.4) is 0 Å². The number of aromatic nitrogens is 2. The molecule has 0 bridgehead atoms. The number of carbonyl (C=O) groups is 1. The van der Waals surface area contributed by atoms with E-state index in [2.05, 4.69) is 0 Å². The molecular weight excluding hydrogens is 504 g/mol. The number of nitrogens with zero attached hydrogens (tertiary/aromatic N) is 4. The molecule has 1 aliphatic rings. The van der Waals surface area contributed by atoms with Gasteiger partial charge in [-0.05, 0) is 42.0 Å². The van der Waals surface area contributed by atoms with E-state index < -0.39 is 0 Å². The number of hydrogen-bond acceptors (Lipinski definition) is 6. The molecular formula is C32H16N4O2S. The number of hydrogen-bond donors (Lipinski definition) is 0. The predicted octanol–water partition coefficient (Wildman–Crippen LogP) is 7.58. The van der Waals surface area contributed by atoms with Crippen molar-refractivity contribution in [2.75, 3.05) is 0 Å². The van der Waals surface area contributed by atoms with Crippen molar-refractivity contribution in [1.29, 1.82) is 10.5 Å². The molecule has 39 heavy (non-hydrogen) atoms. The largest absolute Gasteiger partial charge is 0.454 e. The zero-order valence-electron chi connectivity index (χ0n) is 20.3. The van der Waals surface area contributed by atoms with Gasteiger partial charge in [0.05, 0.1) is 4.70 Å². The van der Waals surface area contributed by atoms with Crippen LogP contribution in [0.2, 0.25) is 0 Å². The van der Waals surface area contributed by atoms with Crippen LogP contribution >= 0.6 is 11.3 Å². The highest BCUT2D eigenvalue weighted by atomic mass is 32.1. The molecule has 0 radical (unpaired) electrons. The summed E-state index contributed by atoms with van der Waals surface area (Å²) in [7, 11) is 0. The highest BCUT2D eigenvalue weighted by Gasteiger charge is 2.32. The third-order valence-corrected chi connectivity index (χ3v) is 7.76. The van der Waals surface area contributed by atoms with Crippen LogP contribution in [0.5, 0.6) is 0 Å². The molecule has 7 rings (SSSR count). The maximum atomic E-state index is 13.5. The highest BCUT2D eigenvalue weighted by molar-refractivity contribution is 7.21. The number of benzene rings is 3. The predicted molar refractivity (Wildman–Crippen MR) is 151 cm³/mol. The van der Waals surface area contributed by atoms with E-state index in [1.807, 2.05) is 83.4 Å². The van der Waals surface area contributed by atoms with Crippen LogP contribution in [0.15, 0.2) is 107 Å². The Hall–Kier alpha value is -5.50. The summed E-state index contributed by atoms with van der Waals surface area (Å²) in [6, 6.07) is 32.6. The fourth-order valence-electron chi connectivity index (χ4n) is 5.04. The number of ketones is 1. The Labute approximate surface area is 226 Å². The molecule has 0 fully saturated rings. The van der Waals surface area contributed by atoms with Crippen molar-refractivity contribution in [3.05, 3.63) is 119 Å². The van der Waals surface area contributed by atoms with Gasteiger partial charge < -0.3 is 4.42 Å². The van der Waals surface area contributed by atoms with Crippen molar-refractivity contribution in [3.63, 3.8) is 0 Å². The summed E-state index contributed by atoms with van der Waals surface area (Å²) < 4.78 is 8.96. The molecule has 0 unspecified atom stereocenters. The van der Waals surface area contributed by atoms with Crippen LogP contribution in [0, 0.1) is 22.7 Å². The van der Waals surface area contributed by atoms with E-state index >= 15 is 0 Å². The van der Waals surface area contributed by atoms with Crippen LogP contribution in [0.25, 0.3) is 49.4 Å². The molecule has 0 saturated carbocycles. The molecule has 6 nitrogen and oxygen atoms in total. The summed E-state index contributed by atoms with van der Waals surface area (Å²) in [6.07, 6.45) is 1.76. The Kier molecular flexibility index (Phi) is 5.12. The van der Waals surface area contributed by atoms with Crippen molar-refractivity contribution < 1.29 is 9.21 Å². The Balaban J connectivity index is 1.45. The minimum Gasteiger partial charge on any atom is -0.454 e. The van der Waals surface area contributed by atoms with E-state index in [1.165, 1.54) is 11.3 Å². The summed E-state index contributed by atoms with van der Waals surface area (Å²) >= 11 is 1.50. The Morgan fingerprint density at radius 1 is 0.897 bits per heavy atom. The lowest BCUT2D eigenvalue weighted by Gasteiger charge is -2.08. The first-order chi connectivity index (χ1) is 19.2. The number of rotatable bonds is 3. The van der Waals surface area contributed by atoms with E-state index in [1.54, 1.807) is 30.3 Å². The van der Waals surface area contributed by atoms with Gasteiger partial charge in [-0.1, -0.05) is 60.7 Å². The normalized spacial score (nSPS) is 13.6. The molecule has 3 heterocycles. The van der Waals surface area contributed by atoms with E-state index in [-0.39, 0.29) is 11.4 Å². The molecule has 0 spiro atoms. The lowest BCUT2D eigenvalue weighted by molar-refractivity contribution is 0.104. The minimum absolute atomic E-state index is 0.0931. The maximum Gasteiger partial charge on any atom is 0.194 e. The first-order valence-electron chi connectivity index (χ1n) is 12.1. The highest BCUT2D eigenvalue weighted by Crippen LogP contribution is 2.41. The Morgan fingerprint density at radius 2 is 1.62 bits per heavy atom. The molecule has 3 aromatic heterocycles. The molecule has 182 valence electrons. The van der Waals surface area contributed by atoms with Gasteiger partial charge in [-0.3, -0.25) is 9.36 Å². The molecule has 0 N–H and O–H groups in total. The van der Waals surface area contributed by atoms with Crippen molar-refractivity contribution in [2.24, 2.45) is 0 Å². The van der Waals surface area contributed by atoms with E-state index in [9.17, 15) is 15.3 Å². The number of thiazole rings is 1. The second-order valence-electron chi connectivity index (χ2n) is 9.00. The molecule has 7 heteroatoms. The first-order valence-corrected chi connectivity index (χ1v) is 12.9. The van der Waals surface area contributed by atoms with Gasteiger partial charge in [-0.2, -0.15) is 10.5 Å². The summed E-state index contributed by atoms with van der Waals surface area (Å²) in [4.78, 5) is 18.5. The van der Waals surface area contributed by atoms with Gasteiger partial charge in [0.2, 0.25) is 0 Å².